The van der Waals surface area contributed by atoms with Gasteiger partial charge in [-0.05, 0) is 0 Å². The van der Waals surface area contributed by atoms with Crippen LogP contribution in [0.2, 0.25) is 0 Å². The Morgan fingerprint density at radius 3 is 2.04 bits per heavy atom. The van der Waals surface area contributed by atoms with Crippen LogP contribution in [-0.4, -0.2) is 28.6 Å². The molecule has 0 spiro atoms. The summed E-state index contributed by atoms with van der Waals surface area (Å²) in [6.07, 6.45) is 0. The molecule has 2 rings (SSSR count). The van der Waals surface area contributed by atoms with Gasteiger partial charge in [-0.1, -0.05) is 76.6 Å². The summed E-state index contributed by atoms with van der Waals surface area (Å²) in [6.45, 7) is 0. The van der Waals surface area contributed by atoms with Crippen molar-refractivity contribution < 1.29 is 19.2 Å². The molecule has 0 aliphatic carbocycles. The first-order chi connectivity index (χ1) is 12.0. The Labute approximate surface area is 153 Å². The van der Waals surface area contributed by atoms with E-state index >= 15 is 0 Å². The summed E-state index contributed by atoms with van der Waals surface area (Å²) >= 11 is 3.20. The summed E-state index contributed by atoms with van der Waals surface area (Å²) in [6, 6.07) is 15.0. The molecule has 0 N–H and O–H groups in total. The number of carbonyl (C=O) groups is 2. The third kappa shape index (κ3) is 4.30. The van der Waals surface area contributed by atoms with Gasteiger partial charge in [0.05, 0.1) is 11.9 Å². The Morgan fingerprint density at radius 1 is 1.04 bits per heavy atom. The standard InChI is InChI=1S/C18H16BrNO5/c1-25-18(22)14(15(19)17(21)13-10-6-3-7-11-13)16(20(23)24)12-8-4-2-5-9-12/h2-11,14-16H,1H3/t14-,15-,16+/m1/s1. The lowest BCUT2D eigenvalue weighted by Crippen LogP contribution is -2.39. The van der Waals surface area contributed by atoms with Gasteiger partial charge >= 0.3 is 5.97 Å². The van der Waals surface area contributed by atoms with Crippen LogP contribution in [0.3, 0.4) is 0 Å². The maximum absolute atomic E-state index is 12.7. The summed E-state index contributed by atoms with van der Waals surface area (Å²) in [5.74, 6) is -2.55. The van der Waals surface area contributed by atoms with Crippen LogP contribution in [0.25, 0.3) is 0 Å². The molecular formula is C18H16BrNO5. The molecule has 3 atom stereocenters. The number of esters is 1. The van der Waals surface area contributed by atoms with Crippen molar-refractivity contribution >= 4 is 27.7 Å². The molecule has 7 heteroatoms. The van der Waals surface area contributed by atoms with Crippen LogP contribution in [0.5, 0.6) is 0 Å². The molecule has 2 aromatic carbocycles. The molecule has 2 aromatic rings. The first-order valence-corrected chi connectivity index (χ1v) is 8.38. The molecule has 0 aliphatic heterocycles. The van der Waals surface area contributed by atoms with Gasteiger partial charge in [0.15, 0.2) is 5.78 Å². The van der Waals surface area contributed by atoms with Crippen molar-refractivity contribution in [3.8, 4) is 0 Å². The van der Waals surface area contributed by atoms with Crippen LogP contribution in [0.4, 0.5) is 0 Å². The first kappa shape index (κ1) is 18.8. The molecule has 0 heterocycles. The van der Waals surface area contributed by atoms with Crippen LogP contribution in [0.15, 0.2) is 60.7 Å². The predicted octanol–water partition coefficient (Wildman–Crippen LogP) is 3.44. The van der Waals surface area contributed by atoms with E-state index in [0.717, 1.165) is 7.11 Å². The minimum absolute atomic E-state index is 0.327. The fourth-order valence-corrected chi connectivity index (χ4v) is 3.35. The topological polar surface area (TPSA) is 86.5 Å². The zero-order chi connectivity index (χ0) is 18.4. The highest BCUT2D eigenvalue weighted by atomic mass is 79.9. The van der Waals surface area contributed by atoms with E-state index in [-0.39, 0.29) is 0 Å². The van der Waals surface area contributed by atoms with Gasteiger partial charge in [0.1, 0.15) is 5.92 Å². The van der Waals surface area contributed by atoms with Crippen LogP contribution in [0, 0.1) is 16.0 Å². The zero-order valence-electron chi connectivity index (χ0n) is 13.4. The highest BCUT2D eigenvalue weighted by molar-refractivity contribution is 9.10. The van der Waals surface area contributed by atoms with E-state index < -0.39 is 33.5 Å². The molecule has 6 nitrogen and oxygen atoms in total. The van der Waals surface area contributed by atoms with E-state index in [0.29, 0.717) is 11.1 Å². The van der Waals surface area contributed by atoms with Crippen LogP contribution < -0.4 is 0 Å². The second-order valence-electron chi connectivity index (χ2n) is 5.32. The van der Waals surface area contributed by atoms with Gasteiger partial charge < -0.3 is 4.74 Å². The lowest BCUT2D eigenvalue weighted by molar-refractivity contribution is -0.536. The zero-order valence-corrected chi connectivity index (χ0v) is 15.0. The van der Waals surface area contributed by atoms with Gasteiger partial charge in [0, 0.05) is 16.1 Å². The monoisotopic (exact) mass is 405 g/mol. The maximum Gasteiger partial charge on any atom is 0.317 e. The van der Waals surface area contributed by atoms with Crippen molar-refractivity contribution in [1.29, 1.82) is 0 Å². The van der Waals surface area contributed by atoms with Crippen molar-refractivity contribution in [3.63, 3.8) is 0 Å². The number of halogens is 1. The second-order valence-corrected chi connectivity index (χ2v) is 6.31. The van der Waals surface area contributed by atoms with Crippen LogP contribution in [0.1, 0.15) is 22.0 Å². The third-order valence-corrected chi connectivity index (χ3v) is 4.79. The Hall–Kier alpha value is -2.54. The van der Waals surface area contributed by atoms with Crippen molar-refractivity contribution in [3.05, 3.63) is 81.9 Å². The molecule has 0 bridgehead atoms. The number of carbonyl (C=O) groups excluding carboxylic acids is 2. The van der Waals surface area contributed by atoms with Gasteiger partial charge in [0.25, 0.3) is 6.04 Å². The van der Waals surface area contributed by atoms with Crippen LogP contribution >= 0.6 is 15.9 Å². The summed E-state index contributed by atoms with van der Waals surface area (Å²) in [5, 5.41) is 11.7. The SMILES string of the molecule is COC(=O)[C@H]([C@@H](Br)C(=O)c1ccccc1)[C@H](c1ccccc1)[N+](=O)[O-]. The number of hydrogen-bond acceptors (Lipinski definition) is 5. The number of methoxy groups -OCH3 is 1. The first-order valence-electron chi connectivity index (χ1n) is 7.47. The van der Waals surface area contributed by atoms with E-state index in [2.05, 4.69) is 15.9 Å². The van der Waals surface area contributed by atoms with E-state index in [9.17, 15) is 19.7 Å². The van der Waals surface area contributed by atoms with E-state index in [1.54, 1.807) is 60.7 Å². The normalized spacial score (nSPS) is 14.2. The Kier molecular flexibility index (Phi) is 6.41. The number of alkyl halides is 1. The smallest absolute Gasteiger partial charge is 0.317 e. The van der Waals surface area contributed by atoms with Crippen molar-refractivity contribution in [2.75, 3.05) is 7.11 Å². The number of ether oxygens (including phenoxy) is 1. The maximum atomic E-state index is 12.7. The highest BCUT2D eigenvalue weighted by Crippen LogP contribution is 2.34. The average molecular weight is 406 g/mol. The number of nitro groups is 1. The van der Waals surface area contributed by atoms with Crippen molar-refractivity contribution in [1.82, 2.24) is 0 Å². The predicted molar refractivity (Wildman–Crippen MR) is 95.2 cm³/mol. The fourth-order valence-electron chi connectivity index (χ4n) is 2.58. The molecule has 0 saturated heterocycles. The van der Waals surface area contributed by atoms with Gasteiger partial charge in [-0.2, -0.15) is 0 Å². The minimum Gasteiger partial charge on any atom is -0.469 e. The molecular weight excluding hydrogens is 390 g/mol. The Morgan fingerprint density at radius 2 is 1.56 bits per heavy atom. The van der Waals surface area contributed by atoms with Gasteiger partial charge in [-0.15, -0.1) is 0 Å². The lowest BCUT2D eigenvalue weighted by atomic mass is 9.87. The van der Waals surface area contributed by atoms with E-state index in [1.165, 1.54) is 0 Å². The minimum atomic E-state index is -1.41. The third-order valence-electron chi connectivity index (χ3n) is 3.81. The summed E-state index contributed by atoms with van der Waals surface area (Å²) in [5.41, 5.74) is 0.682. The number of ketones is 1. The molecule has 25 heavy (non-hydrogen) atoms. The molecule has 0 aromatic heterocycles. The van der Waals surface area contributed by atoms with E-state index in [4.69, 9.17) is 4.74 Å². The van der Waals surface area contributed by atoms with E-state index in [1.807, 2.05) is 0 Å². The molecule has 0 saturated carbocycles. The Bertz CT molecular complexity index is 751. The average Bonchev–Trinajstić information content (AvgIpc) is 2.65. The van der Waals surface area contributed by atoms with Gasteiger partial charge in [-0.25, -0.2) is 0 Å². The molecule has 130 valence electrons. The van der Waals surface area contributed by atoms with Crippen molar-refractivity contribution in [2.45, 2.75) is 10.9 Å². The number of hydrogen-bond donors (Lipinski definition) is 0. The number of nitrogens with zero attached hydrogens (tertiary/aromatic N) is 1. The molecule has 0 fully saturated rings. The number of rotatable bonds is 7. The second kappa shape index (κ2) is 8.53. The molecule has 0 radical (unpaired) electrons. The molecule has 0 aliphatic rings. The Balaban J connectivity index is 2.45. The number of Topliss-reactive ketones (excluding diaryl/α,β-unsaturated/α-hetero) is 1. The molecule has 0 amide bonds. The lowest BCUT2D eigenvalue weighted by Gasteiger charge is -2.23. The molecule has 0 unspecified atom stereocenters. The summed E-state index contributed by atoms with van der Waals surface area (Å²) in [4.78, 5) is 35.0. The summed E-state index contributed by atoms with van der Waals surface area (Å²) in [7, 11) is 1.14. The largest absolute Gasteiger partial charge is 0.469 e. The van der Waals surface area contributed by atoms with Crippen LogP contribution in [-0.2, 0) is 9.53 Å². The highest BCUT2D eigenvalue weighted by Gasteiger charge is 2.46. The quantitative estimate of drug-likeness (QED) is 0.231. The number of benzene rings is 2. The fraction of sp³-hybridized carbons (Fsp3) is 0.222. The van der Waals surface area contributed by atoms with Gasteiger partial charge in [-0.3, -0.25) is 19.7 Å². The summed E-state index contributed by atoms with van der Waals surface area (Å²) < 4.78 is 4.75. The van der Waals surface area contributed by atoms with Gasteiger partial charge in [0.2, 0.25) is 0 Å². The van der Waals surface area contributed by atoms with Crippen molar-refractivity contribution in [2.24, 2.45) is 5.92 Å².